The Morgan fingerprint density at radius 1 is 1.12 bits per heavy atom. The number of para-hydroxylation sites is 1. The predicted octanol–water partition coefficient (Wildman–Crippen LogP) is 3.70. The second-order valence-electron chi connectivity index (χ2n) is 7.49. The molecule has 0 aliphatic heterocycles. The second kappa shape index (κ2) is 10.2. The molecule has 3 N–H and O–H groups in total. The molecule has 0 saturated heterocycles. The van der Waals surface area contributed by atoms with E-state index in [-0.39, 0.29) is 18.6 Å². The average molecular weight is 479 g/mol. The van der Waals surface area contributed by atoms with Crippen molar-refractivity contribution in [2.45, 2.75) is 26.0 Å². The molecule has 9 nitrogen and oxygen atoms in total. The third-order valence-electron chi connectivity index (χ3n) is 4.94. The fourth-order valence-electron chi connectivity index (χ4n) is 3.40. The van der Waals surface area contributed by atoms with Crippen molar-refractivity contribution in [2.75, 3.05) is 0 Å². The molecule has 2 aromatic carbocycles. The van der Waals surface area contributed by atoms with Gasteiger partial charge in [0.05, 0.1) is 18.2 Å². The number of fused-ring (bicyclic) bond motifs is 1. The van der Waals surface area contributed by atoms with Crippen LogP contribution < -0.4 is 21.3 Å². The highest BCUT2D eigenvalue weighted by atomic mass is 32.1. The summed E-state index contributed by atoms with van der Waals surface area (Å²) in [5.74, 6) is 0.606. The molecular weight excluding hydrogens is 456 g/mol. The lowest BCUT2D eigenvalue weighted by atomic mass is 10.0. The molecule has 1 unspecified atom stereocenters. The van der Waals surface area contributed by atoms with Gasteiger partial charge < -0.3 is 20.5 Å². The Bertz CT molecular complexity index is 1380. The van der Waals surface area contributed by atoms with E-state index in [1.54, 1.807) is 24.3 Å². The summed E-state index contributed by atoms with van der Waals surface area (Å²) in [7, 11) is 0. The number of carbonyl (C=O) groups is 2. The van der Waals surface area contributed by atoms with Crippen LogP contribution in [0, 0.1) is 6.92 Å². The fourth-order valence-corrected chi connectivity index (χ4v) is 4.29. The summed E-state index contributed by atoms with van der Waals surface area (Å²) in [6, 6.07) is 16.0. The maximum absolute atomic E-state index is 12.6. The molecule has 0 spiro atoms. The number of rotatable bonds is 8. The van der Waals surface area contributed by atoms with Crippen LogP contribution in [0.5, 0.6) is 11.5 Å². The third-order valence-corrected chi connectivity index (χ3v) is 5.88. The summed E-state index contributed by atoms with van der Waals surface area (Å²) < 4.78 is 12.7. The van der Waals surface area contributed by atoms with Gasteiger partial charge in [0, 0.05) is 17.1 Å². The Morgan fingerprint density at radius 2 is 1.88 bits per heavy atom. The van der Waals surface area contributed by atoms with Crippen LogP contribution in [0.2, 0.25) is 0 Å². The first-order chi connectivity index (χ1) is 16.4. The van der Waals surface area contributed by atoms with Crippen LogP contribution in [0.4, 0.5) is 4.79 Å². The number of aromatic nitrogens is 2. The third kappa shape index (κ3) is 5.59. The van der Waals surface area contributed by atoms with Crippen molar-refractivity contribution in [2.24, 2.45) is 5.73 Å². The van der Waals surface area contributed by atoms with E-state index < -0.39 is 18.0 Å². The maximum atomic E-state index is 12.6. The average Bonchev–Trinajstić information content (AvgIpc) is 3.19. The summed E-state index contributed by atoms with van der Waals surface area (Å²) in [6.45, 7) is 1.65. The zero-order valence-corrected chi connectivity index (χ0v) is 19.1. The Morgan fingerprint density at radius 3 is 2.65 bits per heavy atom. The summed E-state index contributed by atoms with van der Waals surface area (Å²) in [5.41, 5.74) is 6.85. The maximum Gasteiger partial charge on any atom is 0.312 e. The standard InChI is InChI=1S/C24H22N4O5S/c1-15-14-34-24-26-17(11-21(29)28(15)24)13-32-22(30)12-20(27-23(25)31)16-6-5-9-19(10-16)33-18-7-3-2-4-8-18/h2-11,14,20H,12-13H2,1H3,(H3,25,27,31). The van der Waals surface area contributed by atoms with Crippen LogP contribution in [0.3, 0.4) is 0 Å². The lowest BCUT2D eigenvalue weighted by molar-refractivity contribution is -0.145. The molecule has 0 fully saturated rings. The van der Waals surface area contributed by atoms with E-state index in [0.29, 0.717) is 27.7 Å². The smallest absolute Gasteiger partial charge is 0.312 e. The summed E-state index contributed by atoms with van der Waals surface area (Å²) in [5, 5.41) is 4.40. The fraction of sp³-hybridized carbons (Fsp3) is 0.167. The molecule has 34 heavy (non-hydrogen) atoms. The minimum absolute atomic E-state index is 0.165. The molecule has 0 aliphatic rings. The number of urea groups is 1. The highest BCUT2D eigenvalue weighted by Crippen LogP contribution is 2.26. The number of carbonyl (C=O) groups excluding carboxylic acids is 2. The van der Waals surface area contributed by atoms with E-state index >= 15 is 0 Å². The van der Waals surface area contributed by atoms with Gasteiger partial charge in [-0.2, -0.15) is 0 Å². The van der Waals surface area contributed by atoms with Crippen LogP contribution >= 0.6 is 11.3 Å². The summed E-state index contributed by atoms with van der Waals surface area (Å²) in [6.07, 6.45) is -0.170. The summed E-state index contributed by atoms with van der Waals surface area (Å²) >= 11 is 1.33. The van der Waals surface area contributed by atoms with Crippen molar-refractivity contribution in [1.29, 1.82) is 0 Å². The van der Waals surface area contributed by atoms with Gasteiger partial charge in [0.1, 0.15) is 18.1 Å². The Hall–Kier alpha value is -4.18. The van der Waals surface area contributed by atoms with Crippen LogP contribution in [0.25, 0.3) is 4.96 Å². The number of aryl methyl sites for hydroxylation is 1. The molecule has 0 bridgehead atoms. The number of ether oxygens (including phenoxy) is 2. The van der Waals surface area contributed by atoms with Crippen molar-refractivity contribution in [1.82, 2.24) is 14.7 Å². The first kappa shape index (κ1) is 23.0. The number of nitrogens with two attached hydrogens (primary N) is 1. The highest BCUT2D eigenvalue weighted by molar-refractivity contribution is 7.15. The van der Waals surface area contributed by atoms with E-state index in [2.05, 4.69) is 10.3 Å². The van der Waals surface area contributed by atoms with Gasteiger partial charge in [-0.1, -0.05) is 30.3 Å². The quantitative estimate of drug-likeness (QED) is 0.372. The van der Waals surface area contributed by atoms with Gasteiger partial charge >= 0.3 is 12.0 Å². The number of nitrogens with one attached hydrogen (secondary N) is 1. The van der Waals surface area contributed by atoms with E-state index in [9.17, 15) is 14.4 Å². The van der Waals surface area contributed by atoms with Gasteiger partial charge in [0.15, 0.2) is 4.96 Å². The molecule has 1 atom stereocenters. The zero-order chi connectivity index (χ0) is 24.1. The monoisotopic (exact) mass is 478 g/mol. The normalized spacial score (nSPS) is 11.7. The van der Waals surface area contributed by atoms with Gasteiger partial charge in [-0.05, 0) is 36.8 Å². The number of hydrogen-bond acceptors (Lipinski definition) is 7. The van der Waals surface area contributed by atoms with Gasteiger partial charge in [0.25, 0.3) is 5.56 Å². The van der Waals surface area contributed by atoms with Crippen molar-refractivity contribution in [3.8, 4) is 11.5 Å². The molecule has 0 aliphatic carbocycles. The molecule has 2 heterocycles. The Balaban J connectivity index is 1.45. The molecule has 10 heteroatoms. The number of esters is 1. The van der Waals surface area contributed by atoms with E-state index in [4.69, 9.17) is 15.2 Å². The van der Waals surface area contributed by atoms with E-state index in [0.717, 1.165) is 5.69 Å². The Kier molecular flexibility index (Phi) is 6.88. The number of benzene rings is 2. The molecule has 0 radical (unpaired) electrons. The molecular formula is C24H22N4O5S. The second-order valence-corrected chi connectivity index (χ2v) is 8.33. The molecule has 0 saturated carbocycles. The van der Waals surface area contributed by atoms with Gasteiger partial charge in [-0.15, -0.1) is 11.3 Å². The van der Waals surface area contributed by atoms with Gasteiger partial charge in [0.2, 0.25) is 0 Å². The van der Waals surface area contributed by atoms with E-state index in [1.165, 1.54) is 21.8 Å². The Labute approximate surface area is 198 Å². The molecule has 4 aromatic rings. The van der Waals surface area contributed by atoms with Crippen molar-refractivity contribution >= 4 is 28.3 Å². The topological polar surface area (TPSA) is 125 Å². The van der Waals surface area contributed by atoms with Crippen molar-refractivity contribution < 1.29 is 19.1 Å². The molecule has 174 valence electrons. The number of thiazole rings is 1. The largest absolute Gasteiger partial charge is 0.459 e. The lowest BCUT2D eigenvalue weighted by Gasteiger charge is -2.18. The van der Waals surface area contributed by atoms with Crippen LogP contribution in [0.1, 0.15) is 29.4 Å². The van der Waals surface area contributed by atoms with Crippen molar-refractivity contribution in [3.63, 3.8) is 0 Å². The minimum Gasteiger partial charge on any atom is -0.459 e. The number of amides is 2. The number of primary amides is 1. The zero-order valence-electron chi connectivity index (χ0n) is 18.3. The number of hydrogen-bond donors (Lipinski definition) is 2. The SMILES string of the molecule is Cc1csc2nc(COC(=O)CC(NC(N)=O)c3cccc(Oc4ccccc4)c3)cc(=O)n12. The van der Waals surface area contributed by atoms with Crippen LogP contribution in [0.15, 0.2) is 70.8 Å². The van der Waals surface area contributed by atoms with Gasteiger partial charge in [-0.25, -0.2) is 9.78 Å². The minimum atomic E-state index is -0.777. The number of nitrogens with zero attached hydrogens (tertiary/aromatic N) is 2. The highest BCUT2D eigenvalue weighted by Gasteiger charge is 2.20. The first-order valence-electron chi connectivity index (χ1n) is 10.4. The summed E-state index contributed by atoms with van der Waals surface area (Å²) in [4.78, 5) is 41.3. The molecule has 2 aromatic heterocycles. The molecule has 2 amide bonds. The van der Waals surface area contributed by atoms with Crippen LogP contribution in [-0.2, 0) is 16.1 Å². The van der Waals surface area contributed by atoms with Crippen molar-refractivity contribution in [3.05, 3.63) is 93.3 Å². The first-order valence-corrected chi connectivity index (χ1v) is 11.3. The van der Waals surface area contributed by atoms with E-state index in [1.807, 2.05) is 42.6 Å². The predicted molar refractivity (Wildman–Crippen MR) is 127 cm³/mol. The van der Waals surface area contributed by atoms with Gasteiger partial charge in [-0.3, -0.25) is 14.0 Å². The molecule has 4 rings (SSSR count). The van der Waals surface area contributed by atoms with Crippen LogP contribution in [-0.4, -0.2) is 21.4 Å². The lowest BCUT2D eigenvalue weighted by Crippen LogP contribution is -2.34.